The maximum atomic E-state index is 12.2. The predicted molar refractivity (Wildman–Crippen MR) is 109 cm³/mol. The number of sulfonamides is 1. The molecule has 2 aromatic rings. The highest BCUT2D eigenvalue weighted by Gasteiger charge is 2.30. The molecular weight excluding hydrogens is 392 g/mol. The minimum Gasteiger partial charge on any atom is -0.459 e. The molecule has 0 spiro atoms. The smallest absolute Gasteiger partial charge is 0.328 e. The van der Waals surface area contributed by atoms with E-state index in [-0.39, 0.29) is 29.7 Å². The van der Waals surface area contributed by atoms with E-state index in [9.17, 15) is 18.0 Å². The molecule has 0 aliphatic carbocycles. The molecule has 8 heteroatoms. The van der Waals surface area contributed by atoms with Gasteiger partial charge in [0.05, 0.1) is 4.90 Å². The highest BCUT2D eigenvalue weighted by molar-refractivity contribution is 7.90. The fraction of sp³-hybridized carbons (Fsp3) is 0.286. The van der Waals surface area contributed by atoms with E-state index >= 15 is 0 Å². The third-order valence-corrected chi connectivity index (χ3v) is 6.29. The van der Waals surface area contributed by atoms with Crippen LogP contribution >= 0.6 is 0 Å². The van der Waals surface area contributed by atoms with Crippen LogP contribution in [0.1, 0.15) is 45.1 Å². The number of Topliss-reactive ketones (excluding diaryl/α,β-unsaturated/α-hetero) is 1. The molecule has 0 fully saturated rings. The molecule has 0 aromatic heterocycles. The molecular formula is C21H22N2O5S. The second-order valence-corrected chi connectivity index (χ2v) is 8.62. The summed E-state index contributed by atoms with van der Waals surface area (Å²) in [5, 5.41) is 0. The van der Waals surface area contributed by atoms with Crippen molar-refractivity contribution in [3.8, 4) is 0 Å². The quantitative estimate of drug-likeness (QED) is 0.599. The fourth-order valence-corrected chi connectivity index (χ4v) is 4.83. The van der Waals surface area contributed by atoms with Gasteiger partial charge < -0.3 is 4.74 Å². The Hall–Kier alpha value is -3.00. The van der Waals surface area contributed by atoms with E-state index < -0.39 is 16.0 Å². The molecule has 0 atom stereocenters. The molecule has 1 N–H and O–H groups in total. The van der Waals surface area contributed by atoms with Crippen molar-refractivity contribution in [1.82, 2.24) is 4.72 Å². The van der Waals surface area contributed by atoms with Crippen molar-refractivity contribution < 1.29 is 22.7 Å². The van der Waals surface area contributed by atoms with E-state index in [2.05, 4.69) is 9.71 Å². The van der Waals surface area contributed by atoms with Gasteiger partial charge in [0.2, 0.25) is 0 Å². The first-order chi connectivity index (χ1) is 13.6. The standard InChI is InChI=1S/C21H22N2O5S/c1-12-9-13(2)20(15(4)24)14(3)17(12)11-28-19(25)10-22-21-16-7-5-6-8-18(16)29(26,27)23-21/h5-9H,10-11H2,1-4H3,(H,22,23). The molecule has 3 rings (SSSR count). The maximum absolute atomic E-state index is 12.2. The number of nitrogens with one attached hydrogen (secondary N) is 1. The number of carbonyl (C=O) groups excluding carboxylic acids is 2. The van der Waals surface area contributed by atoms with Crippen molar-refractivity contribution >= 4 is 27.6 Å². The van der Waals surface area contributed by atoms with Gasteiger partial charge in [-0.3, -0.25) is 19.3 Å². The molecule has 0 amide bonds. The molecule has 2 aromatic carbocycles. The topological polar surface area (TPSA) is 102 Å². The highest BCUT2D eigenvalue weighted by atomic mass is 32.2. The Morgan fingerprint density at radius 1 is 1.10 bits per heavy atom. The van der Waals surface area contributed by atoms with E-state index in [1.54, 1.807) is 18.2 Å². The summed E-state index contributed by atoms with van der Waals surface area (Å²) in [6.07, 6.45) is 0. The summed E-state index contributed by atoms with van der Waals surface area (Å²) >= 11 is 0. The normalized spacial score (nSPS) is 15.7. The number of hydrogen-bond donors (Lipinski definition) is 1. The van der Waals surface area contributed by atoms with Crippen molar-refractivity contribution in [1.29, 1.82) is 0 Å². The van der Waals surface area contributed by atoms with Crippen LogP contribution in [0.5, 0.6) is 0 Å². The highest BCUT2D eigenvalue weighted by Crippen LogP contribution is 2.24. The Morgan fingerprint density at radius 3 is 2.48 bits per heavy atom. The molecule has 29 heavy (non-hydrogen) atoms. The van der Waals surface area contributed by atoms with Gasteiger partial charge >= 0.3 is 5.97 Å². The summed E-state index contributed by atoms with van der Waals surface area (Å²) in [5.41, 5.74) is 4.47. The predicted octanol–water partition coefficient (Wildman–Crippen LogP) is 2.60. The summed E-state index contributed by atoms with van der Waals surface area (Å²) in [6, 6.07) is 8.33. The zero-order valence-corrected chi connectivity index (χ0v) is 17.5. The lowest BCUT2D eigenvalue weighted by Gasteiger charge is -2.15. The van der Waals surface area contributed by atoms with Crippen LogP contribution in [0.25, 0.3) is 0 Å². The van der Waals surface area contributed by atoms with Gasteiger partial charge in [0.1, 0.15) is 19.0 Å². The molecule has 0 bridgehead atoms. The molecule has 1 aliphatic rings. The number of ether oxygens (including phenoxy) is 1. The van der Waals surface area contributed by atoms with Crippen molar-refractivity contribution in [3.05, 3.63) is 63.7 Å². The monoisotopic (exact) mass is 414 g/mol. The third kappa shape index (κ3) is 4.07. The van der Waals surface area contributed by atoms with Crippen molar-refractivity contribution in [2.24, 2.45) is 4.99 Å². The largest absolute Gasteiger partial charge is 0.459 e. The SMILES string of the molecule is CC(=O)c1c(C)cc(C)c(COC(=O)CN=C2NS(=O)(=O)c3ccccc32)c1C. The van der Waals surface area contributed by atoms with Gasteiger partial charge in [0.25, 0.3) is 10.0 Å². The van der Waals surface area contributed by atoms with Crippen molar-refractivity contribution in [3.63, 3.8) is 0 Å². The van der Waals surface area contributed by atoms with E-state index in [0.717, 1.165) is 22.3 Å². The van der Waals surface area contributed by atoms with Gasteiger partial charge in [-0.1, -0.05) is 18.2 Å². The van der Waals surface area contributed by atoms with Gasteiger partial charge in [0.15, 0.2) is 5.78 Å². The van der Waals surface area contributed by atoms with Gasteiger partial charge in [0, 0.05) is 11.1 Å². The average Bonchev–Trinajstić information content (AvgIpc) is 2.90. The van der Waals surface area contributed by atoms with Crippen LogP contribution in [0, 0.1) is 20.8 Å². The van der Waals surface area contributed by atoms with Gasteiger partial charge in [-0.15, -0.1) is 0 Å². The second-order valence-electron chi connectivity index (χ2n) is 6.97. The number of aryl methyl sites for hydroxylation is 2. The third-order valence-electron chi connectivity index (χ3n) is 4.89. The summed E-state index contributed by atoms with van der Waals surface area (Å²) < 4.78 is 31.8. The summed E-state index contributed by atoms with van der Waals surface area (Å²) in [5.74, 6) is -0.505. The first-order valence-electron chi connectivity index (χ1n) is 9.04. The lowest BCUT2D eigenvalue weighted by Crippen LogP contribution is -2.23. The minimum atomic E-state index is -3.65. The number of esters is 1. The number of nitrogens with zero attached hydrogens (tertiary/aromatic N) is 1. The molecule has 0 radical (unpaired) electrons. The molecule has 1 aliphatic heterocycles. The van der Waals surface area contributed by atoms with Crippen molar-refractivity contribution in [2.45, 2.75) is 39.2 Å². The zero-order chi connectivity index (χ0) is 21.3. The summed E-state index contributed by atoms with van der Waals surface area (Å²) in [4.78, 5) is 28.3. The van der Waals surface area contributed by atoms with Crippen molar-refractivity contribution in [2.75, 3.05) is 6.54 Å². The minimum absolute atomic E-state index is 0.0181. The summed E-state index contributed by atoms with van der Waals surface area (Å²) in [7, 11) is -3.65. The molecule has 152 valence electrons. The fourth-order valence-electron chi connectivity index (χ4n) is 3.58. The Bertz CT molecular complexity index is 1150. The van der Waals surface area contributed by atoms with Crippen LogP contribution in [-0.2, 0) is 26.2 Å². The maximum Gasteiger partial charge on any atom is 0.328 e. The second kappa shape index (κ2) is 7.79. The first-order valence-corrected chi connectivity index (χ1v) is 10.5. The molecule has 7 nitrogen and oxygen atoms in total. The van der Waals surface area contributed by atoms with Crippen LogP contribution in [-0.4, -0.2) is 32.6 Å². The Kier molecular flexibility index (Phi) is 5.57. The first kappa shape index (κ1) is 20.7. The van der Waals surface area contributed by atoms with Crippen LogP contribution in [0.3, 0.4) is 0 Å². The number of benzene rings is 2. The van der Waals surface area contributed by atoms with Gasteiger partial charge in [-0.25, -0.2) is 8.42 Å². The van der Waals surface area contributed by atoms with E-state index in [0.29, 0.717) is 11.1 Å². The van der Waals surface area contributed by atoms with E-state index in [1.807, 2.05) is 26.8 Å². The van der Waals surface area contributed by atoms with Crippen LogP contribution < -0.4 is 4.72 Å². The number of hydrogen-bond acceptors (Lipinski definition) is 6. The Labute approximate surface area is 169 Å². The molecule has 0 saturated carbocycles. The zero-order valence-electron chi connectivity index (χ0n) is 16.7. The number of fused-ring (bicyclic) bond motifs is 1. The van der Waals surface area contributed by atoms with E-state index in [4.69, 9.17) is 4.74 Å². The number of carbonyl (C=O) groups is 2. The van der Waals surface area contributed by atoms with E-state index in [1.165, 1.54) is 13.0 Å². The number of rotatable bonds is 5. The lowest BCUT2D eigenvalue weighted by molar-refractivity contribution is -0.143. The summed E-state index contributed by atoms with van der Waals surface area (Å²) in [6.45, 7) is 6.82. The average molecular weight is 414 g/mol. The van der Waals surface area contributed by atoms with Crippen LogP contribution in [0.4, 0.5) is 0 Å². The molecule has 1 heterocycles. The van der Waals surface area contributed by atoms with Crippen LogP contribution in [0.2, 0.25) is 0 Å². The Balaban J connectivity index is 1.73. The molecule has 0 saturated heterocycles. The molecule has 0 unspecified atom stereocenters. The Morgan fingerprint density at radius 2 is 1.79 bits per heavy atom. The lowest BCUT2D eigenvalue weighted by atomic mass is 9.92. The number of amidine groups is 1. The number of ketones is 1. The van der Waals surface area contributed by atoms with Gasteiger partial charge in [-0.2, -0.15) is 0 Å². The number of aliphatic imine (C=N–C) groups is 1. The van der Waals surface area contributed by atoms with Gasteiger partial charge in [-0.05, 0) is 62.1 Å². The van der Waals surface area contributed by atoms with Crippen LogP contribution in [0.15, 0.2) is 40.2 Å².